The number of rotatable bonds is 4. The summed E-state index contributed by atoms with van der Waals surface area (Å²) >= 11 is 3.32. The molecule has 0 unspecified atom stereocenters. The van der Waals surface area contributed by atoms with E-state index in [4.69, 9.17) is 4.74 Å². The van der Waals surface area contributed by atoms with Crippen molar-refractivity contribution in [3.8, 4) is 5.69 Å². The van der Waals surface area contributed by atoms with Gasteiger partial charge in [-0.3, -0.25) is 0 Å². The molecule has 0 bridgehead atoms. The van der Waals surface area contributed by atoms with Gasteiger partial charge in [0.1, 0.15) is 23.2 Å². The monoisotopic (exact) mass is 339 g/mol. The number of halogens is 2. The van der Waals surface area contributed by atoms with Crippen LogP contribution in [0.3, 0.4) is 0 Å². The van der Waals surface area contributed by atoms with E-state index in [9.17, 15) is 4.39 Å². The van der Waals surface area contributed by atoms with Crippen LogP contribution in [0.15, 0.2) is 41.4 Å². The molecule has 20 heavy (non-hydrogen) atoms. The normalized spacial score (nSPS) is 22.3. The largest absolute Gasteiger partial charge is 0.369 e. The van der Waals surface area contributed by atoms with Gasteiger partial charge in [0.2, 0.25) is 0 Å². The number of nitrogens with zero attached hydrogens (tertiary/aromatic N) is 2. The molecule has 1 N–H and O–H groups in total. The third-order valence-corrected chi connectivity index (χ3v) is 3.75. The standard InChI is InChI=1S/C14H15BrFN3O/c15-14-7-19(9-18-14)11-3-1-10(2-4-11)8-20-13-6-17-5-12(13)16/h1-4,7,9,12-13,17H,5-6,8H2/t12-,13-/m0/s1. The van der Waals surface area contributed by atoms with Crippen molar-refractivity contribution in [3.05, 3.63) is 47.0 Å². The molecule has 2 aromatic rings. The van der Waals surface area contributed by atoms with Gasteiger partial charge in [0, 0.05) is 25.0 Å². The zero-order valence-corrected chi connectivity index (χ0v) is 12.4. The highest BCUT2D eigenvalue weighted by Crippen LogP contribution is 2.15. The number of alkyl halides is 1. The van der Waals surface area contributed by atoms with Gasteiger partial charge < -0.3 is 14.6 Å². The molecule has 2 heterocycles. The highest BCUT2D eigenvalue weighted by molar-refractivity contribution is 9.10. The van der Waals surface area contributed by atoms with Gasteiger partial charge in [-0.1, -0.05) is 12.1 Å². The minimum Gasteiger partial charge on any atom is -0.369 e. The topological polar surface area (TPSA) is 39.1 Å². The van der Waals surface area contributed by atoms with Crippen molar-refractivity contribution in [2.45, 2.75) is 18.9 Å². The van der Waals surface area contributed by atoms with Crippen LogP contribution in [-0.4, -0.2) is 34.9 Å². The zero-order valence-electron chi connectivity index (χ0n) is 10.8. The smallest absolute Gasteiger partial charge is 0.140 e. The number of nitrogens with one attached hydrogen (secondary N) is 1. The quantitative estimate of drug-likeness (QED) is 0.929. The van der Waals surface area contributed by atoms with Crippen molar-refractivity contribution in [1.82, 2.24) is 14.9 Å². The number of aromatic nitrogens is 2. The summed E-state index contributed by atoms with van der Waals surface area (Å²) in [6, 6.07) is 7.96. The molecule has 4 nitrogen and oxygen atoms in total. The van der Waals surface area contributed by atoms with Crippen molar-refractivity contribution in [2.24, 2.45) is 0 Å². The van der Waals surface area contributed by atoms with Gasteiger partial charge in [-0.2, -0.15) is 0 Å². The molecule has 1 aromatic carbocycles. The van der Waals surface area contributed by atoms with E-state index in [1.54, 1.807) is 6.33 Å². The summed E-state index contributed by atoms with van der Waals surface area (Å²) in [4.78, 5) is 4.12. The molecule has 1 aromatic heterocycles. The molecular formula is C14H15BrFN3O. The number of ether oxygens (including phenoxy) is 1. The maximum atomic E-state index is 13.4. The van der Waals surface area contributed by atoms with Gasteiger partial charge in [0.25, 0.3) is 0 Å². The lowest BCUT2D eigenvalue weighted by molar-refractivity contribution is 0.0139. The molecule has 6 heteroatoms. The highest BCUT2D eigenvalue weighted by Gasteiger charge is 2.27. The summed E-state index contributed by atoms with van der Waals surface area (Å²) in [6.07, 6.45) is 2.40. The average Bonchev–Trinajstić information content (AvgIpc) is 3.06. The van der Waals surface area contributed by atoms with Crippen LogP contribution in [0.2, 0.25) is 0 Å². The van der Waals surface area contributed by atoms with E-state index in [1.165, 1.54) is 0 Å². The van der Waals surface area contributed by atoms with Crippen LogP contribution in [0.1, 0.15) is 5.56 Å². The van der Waals surface area contributed by atoms with Crippen molar-refractivity contribution >= 4 is 15.9 Å². The molecule has 1 aliphatic heterocycles. The molecule has 0 saturated carbocycles. The van der Waals surface area contributed by atoms with E-state index in [0.717, 1.165) is 15.9 Å². The predicted octanol–water partition coefficient (Wildman–Crippen LogP) is 2.46. The fourth-order valence-electron chi connectivity index (χ4n) is 2.19. The maximum Gasteiger partial charge on any atom is 0.140 e. The second-order valence-corrected chi connectivity index (χ2v) is 5.61. The van der Waals surface area contributed by atoms with Gasteiger partial charge in [0.15, 0.2) is 0 Å². The molecule has 1 aliphatic rings. The molecule has 0 radical (unpaired) electrons. The van der Waals surface area contributed by atoms with Crippen molar-refractivity contribution in [3.63, 3.8) is 0 Å². The molecule has 0 spiro atoms. The fraction of sp³-hybridized carbons (Fsp3) is 0.357. The Kier molecular flexibility index (Phi) is 4.14. The zero-order chi connectivity index (χ0) is 13.9. The summed E-state index contributed by atoms with van der Waals surface area (Å²) in [7, 11) is 0. The molecule has 0 amide bonds. The van der Waals surface area contributed by atoms with Crippen LogP contribution in [0.4, 0.5) is 4.39 Å². The molecule has 3 rings (SSSR count). The molecular weight excluding hydrogens is 325 g/mol. The summed E-state index contributed by atoms with van der Waals surface area (Å²) in [5.41, 5.74) is 2.06. The Morgan fingerprint density at radius 1 is 1.35 bits per heavy atom. The fourth-order valence-corrected chi connectivity index (χ4v) is 2.51. The predicted molar refractivity (Wildman–Crippen MR) is 77.6 cm³/mol. The number of hydrogen-bond donors (Lipinski definition) is 1. The minimum atomic E-state index is -0.905. The van der Waals surface area contributed by atoms with E-state index >= 15 is 0 Å². The first kappa shape index (κ1) is 13.7. The first-order valence-electron chi connectivity index (χ1n) is 6.47. The Hall–Kier alpha value is -1.24. The number of hydrogen-bond acceptors (Lipinski definition) is 3. The van der Waals surface area contributed by atoms with Crippen molar-refractivity contribution in [1.29, 1.82) is 0 Å². The van der Waals surface area contributed by atoms with E-state index in [0.29, 0.717) is 19.7 Å². The first-order chi connectivity index (χ1) is 9.72. The van der Waals surface area contributed by atoms with Crippen LogP contribution in [0, 0.1) is 0 Å². The number of imidazole rings is 1. The van der Waals surface area contributed by atoms with Gasteiger partial charge in [0.05, 0.1) is 6.61 Å². The Morgan fingerprint density at radius 2 is 2.15 bits per heavy atom. The lowest BCUT2D eigenvalue weighted by atomic mass is 10.2. The van der Waals surface area contributed by atoms with Gasteiger partial charge >= 0.3 is 0 Å². The minimum absolute atomic E-state index is 0.334. The van der Waals surface area contributed by atoms with E-state index in [2.05, 4.69) is 26.2 Å². The molecule has 1 saturated heterocycles. The molecule has 106 valence electrons. The Bertz CT molecular complexity index is 572. The molecule has 0 aliphatic carbocycles. The SMILES string of the molecule is F[C@H]1CNC[C@@H]1OCc1ccc(-n2cnc(Br)c2)cc1. The molecule has 1 fully saturated rings. The second kappa shape index (κ2) is 6.03. The van der Waals surface area contributed by atoms with Crippen LogP contribution < -0.4 is 5.32 Å². The third-order valence-electron chi connectivity index (χ3n) is 3.34. The van der Waals surface area contributed by atoms with E-state index < -0.39 is 6.17 Å². The highest BCUT2D eigenvalue weighted by atomic mass is 79.9. The van der Waals surface area contributed by atoms with Gasteiger partial charge in [-0.15, -0.1) is 0 Å². The first-order valence-corrected chi connectivity index (χ1v) is 7.27. The van der Waals surface area contributed by atoms with Crippen LogP contribution in [0.25, 0.3) is 5.69 Å². The lowest BCUT2D eigenvalue weighted by Crippen LogP contribution is -2.23. The van der Waals surface area contributed by atoms with Gasteiger partial charge in [-0.05, 0) is 33.6 Å². The number of benzene rings is 1. The Labute approximate surface area is 125 Å². The average molecular weight is 340 g/mol. The summed E-state index contributed by atoms with van der Waals surface area (Å²) in [6.45, 7) is 1.40. The molecule has 2 atom stereocenters. The van der Waals surface area contributed by atoms with Crippen molar-refractivity contribution in [2.75, 3.05) is 13.1 Å². The van der Waals surface area contributed by atoms with Crippen molar-refractivity contribution < 1.29 is 9.13 Å². The van der Waals surface area contributed by atoms with E-state index in [1.807, 2.05) is 35.0 Å². The summed E-state index contributed by atoms with van der Waals surface area (Å²) < 4.78 is 21.7. The van der Waals surface area contributed by atoms with Crippen LogP contribution >= 0.6 is 15.9 Å². The second-order valence-electron chi connectivity index (χ2n) is 4.79. The Morgan fingerprint density at radius 3 is 2.75 bits per heavy atom. The third kappa shape index (κ3) is 3.08. The van der Waals surface area contributed by atoms with E-state index in [-0.39, 0.29) is 6.10 Å². The van der Waals surface area contributed by atoms with Gasteiger partial charge in [-0.25, -0.2) is 9.37 Å². The van der Waals surface area contributed by atoms with Crippen LogP contribution in [0.5, 0.6) is 0 Å². The lowest BCUT2D eigenvalue weighted by Gasteiger charge is -2.13. The summed E-state index contributed by atoms with van der Waals surface area (Å²) in [5, 5.41) is 2.98. The van der Waals surface area contributed by atoms with Crippen LogP contribution in [-0.2, 0) is 11.3 Å². The maximum absolute atomic E-state index is 13.4. The Balaban J connectivity index is 1.61. The summed E-state index contributed by atoms with van der Waals surface area (Å²) in [5.74, 6) is 0.